The summed E-state index contributed by atoms with van der Waals surface area (Å²) in [5.74, 6) is 0. The Morgan fingerprint density at radius 2 is 2.06 bits per heavy atom. The van der Waals surface area contributed by atoms with Gasteiger partial charge in [0.1, 0.15) is 0 Å². The van der Waals surface area contributed by atoms with Gasteiger partial charge in [-0.3, -0.25) is 0 Å². The van der Waals surface area contributed by atoms with E-state index in [1.165, 1.54) is 10.5 Å². The highest BCUT2D eigenvalue weighted by molar-refractivity contribution is 8.00. The molecule has 0 bridgehead atoms. The van der Waals surface area contributed by atoms with E-state index >= 15 is 0 Å². The molecule has 0 amide bonds. The highest BCUT2D eigenvalue weighted by atomic mass is 32.2. The van der Waals surface area contributed by atoms with Crippen molar-refractivity contribution < 1.29 is 4.74 Å². The van der Waals surface area contributed by atoms with E-state index in [9.17, 15) is 0 Å². The van der Waals surface area contributed by atoms with Gasteiger partial charge in [-0.2, -0.15) is 0 Å². The van der Waals surface area contributed by atoms with Crippen molar-refractivity contribution in [3.05, 3.63) is 29.8 Å². The number of hydrogen-bond acceptors (Lipinski definition) is 3. The first-order valence-corrected chi connectivity index (χ1v) is 6.68. The minimum absolute atomic E-state index is 0.118. The van der Waals surface area contributed by atoms with Crippen molar-refractivity contribution in [2.75, 3.05) is 6.61 Å². The molecular formula is C13H19NOS. The van der Waals surface area contributed by atoms with Crippen molar-refractivity contribution in [2.45, 2.75) is 42.6 Å². The lowest BCUT2D eigenvalue weighted by atomic mass is 10.1. The van der Waals surface area contributed by atoms with Gasteiger partial charge in [-0.15, -0.1) is 11.8 Å². The normalized spacial score (nSPS) is 26.9. The van der Waals surface area contributed by atoms with Gasteiger partial charge in [0.2, 0.25) is 0 Å². The van der Waals surface area contributed by atoms with Crippen LogP contribution in [0.1, 0.15) is 31.9 Å². The molecule has 1 aliphatic heterocycles. The van der Waals surface area contributed by atoms with Crippen LogP contribution in [-0.4, -0.2) is 18.0 Å². The van der Waals surface area contributed by atoms with E-state index in [4.69, 9.17) is 10.5 Å². The molecule has 0 aliphatic carbocycles. The second-order valence-electron chi connectivity index (χ2n) is 4.38. The second kappa shape index (κ2) is 5.21. The Kier molecular flexibility index (Phi) is 3.90. The zero-order valence-electron chi connectivity index (χ0n) is 9.85. The molecule has 0 radical (unpaired) electrons. The van der Waals surface area contributed by atoms with Crippen molar-refractivity contribution in [2.24, 2.45) is 5.73 Å². The van der Waals surface area contributed by atoms with Crippen LogP contribution in [0.2, 0.25) is 0 Å². The van der Waals surface area contributed by atoms with Crippen LogP contribution in [0.25, 0.3) is 0 Å². The molecule has 2 N–H and O–H groups in total. The Bertz CT molecular complexity index is 336. The number of ether oxygens (including phenoxy) is 1. The Hall–Kier alpha value is -0.510. The van der Waals surface area contributed by atoms with Gasteiger partial charge in [-0.05, 0) is 38.0 Å². The maximum Gasteiger partial charge on any atom is 0.0669 e. The molecule has 1 heterocycles. The van der Waals surface area contributed by atoms with Gasteiger partial charge in [-0.25, -0.2) is 0 Å². The van der Waals surface area contributed by atoms with Crippen LogP contribution in [0.3, 0.4) is 0 Å². The Labute approximate surface area is 102 Å². The highest BCUT2D eigenvalue weighted by Crippen LogP contribution is 2.32. The minimum atomic E-state index is 0.118. The first kappa shape index (κ1) is 12.0. The summed E-state index contributed by atoms with van der Waals surface area (Å²) in [7, 11) is 0. The van der Waals surface area contributed by atoms with Gasteiger partial charge < -0.3 is 10.5 Å². The fourth-order valence-corrected chi connectivity index (χ4v) is 3.02. The molecule has 1 saturated heterocycles. The fraction of sp³-hybridized carbons (Fsp3) is 0.538. The van der Waals surface area contributed by atoms with E-state index in [-0.39, 0.29) is 6.04 Å². The van der Waals surface area contributed by atoms with Crippen molar-refractivity contribution in [1.29, 1.82) is 0 Å². The molecule has 3 heteroatoms. The molecule has 88 valence electrons. The van der Waals surface area contributed by atoms with Crippen LogP contribution in [-0.2, 0) is 4.74 Å². The summed E-state index contributed by atoms with van der Waals surface area (Å²) < 4.78 is 5.56. The standard InChI is InChI=1S/C13H19NOS/c1-9(14)11-3-5-12(6-4-11)16-13-7-8-15-10(13)2/h3-6,9-10,13H,7-8,14H2,1-2H3/t9-,10?,13?/m1/s1. The van der Waals surface area contributed by atoms with E-state index < -0.39 is 0 Å². The molecule has 1 aliphatic rings. The molecular weight excluding hydrogens is 218 g/mol. The maximum absolute atomic E-state index is 5.82. The van der Waals surface area contributed by atoms with Crippen molar-refractivity contribution in [3.63, 3.8) is 0 Å². The second-order valence-corrected chi connectivity index (χ2v) is 5.69. The summed E-state index contributed by atoms with van der Waals surface area (Å²) in [5, 5.41) is 0.598. The molecule has 2 nitrogen and oxygen atoms in total. The lowest BCUT2D eigenvalue weighted by Crippen LogP contribution is -2.12. The summed E-state index contributed by atoms with van der Waals surface area (Å²) in [6.07, 6.45) is 1.53. The Morgan fingerprint density at radius 3 is 2.56 bits per heavy atom. The molecule has 1 fully saturated rings. The zero-order chi connectivity index (χ0) is 11.5. The molecule has 0 aromatic heterocycles. The van der Waals surface area contributed by atoms with Gasteiger partial charge in [-0.1, -0.05) is 12.1 Å². The molecule has 2 unspecified atom stereocenters. The smallest absolute Gasteiger partial charge is 0.0669 e. The lowest BCUT2D eigenvalue weighted by Gasteiger charge is -2.14. The van der Waals surface area contributed by atoms with Crippen LogP contribution in [0, 0.1) is 0 Å². The van der Waals surface area contributed by atoms with E-state index in [2.05, 4.69) is 31.2 Å². The molecule has 3 atom stereocenters. The number of nitrogens with two attached hydrogens (primary N) is 1. The maximum atomic E-state index is 5.82. The third-order valence-corrected chi connectivity index (χ3v) is 4.47. The predicted octanol–water partition coefficient (Wildman–Crippen LogP) is 2.98. The summed E-state index contributed by atoms with van der Waals surface area (Å²) in [5.41, 5.74) is 7.02. The van der Waals surface area contributed by atoms with Crippen molar-refractivity contribution >= 4 is 11.8 Å². The van der Waals surface area contributed by atoms with Crippen LogP contribution in [0.15, 0.2) is 29.2 Å². The average Bonchev–Trinajstić information content (AvgIpc) is 2.65. The van der Waals surface area contributed by atoms with E-state index in [0.29, 0.717) is 11.4 Å². The van der Waals surface area contributed by atoms with Crippen LogP contribution in [0.4, 0.5) is 0 Å². The van der Waals surface area contributed by atoms with Crippen LogP contribution < -0.4 is 5.73 Å². The lowest BCUT2D eigenvalue weighted by molar-refractivity contribution is 0.127. The minimum Gasteiger partial charge on any atom is -0.377 e. The molecule has 1 aromatic carbocycles. The number of hydrogen-bond donors (Lipinski definition) is 1. The Balaban J connectivity index is 1.99. The number of thioether (sulfide) groups is 1. The first-order valence-electron chi connectivity index (χ1n) is 5.80. The predicted molar refractivity (Wildman–Crippen MR) is 68.7 cm³/mol. The van der Waals surface area contributed by atoms with E-state index in [1.54, 1.807) is 0 Å². The van der Waals surface area contributed by atoms with Crippen LogP contribution >= 0.6 is 11.8 Å². The molecule has 16 heavy (non-hydrogen) atoms. The van der Waals surface area contributed by atoms with Gasteiger partial charge in [0.15, 0.2) is 0 Å². The average molecular weight is 237 g/mol. The summed E-state index contributed by atoms with van der Waals surface area (Å²) in [4.78, 5) is 1.31. The van der Waals surface area contributed by atoms with Gasteiger partial charge in [0.25, 0.3) is 0 Å². The highest BCUT2D eigenvalue weighted by Gasteiger charge is 2.24. The van der Waals surface area contributed by atoms with E-state index in [1.807, 2.05) is 18.7 Å². The number of benzene rings is 1. The molecule has 1 aromatic rings. The van der Waals surface area contributed by atoms with Gasteiger partial charge in [0, 0.05) is 22.8 Å². The summed E-state index contributed by atoms with van der Waals surface area (Å²) in [6, 6.07) is 8.68. The van der Waals surface area contributed by atoms with Gasteiger partial charge >= 0.3 is 0 Å². The zero-order valence-corrected chi connectivity index (χ0v) is 10.7. The number of rotatable bonds is 3. The van der Waals surface area contributed by atoms with Gasteiger partial charge in [0.05, 0.1) is 6.10 Å². The van der Waals surface area contributed by atoms with Crippen molar-refractivity contribution in [1.82, 2.24) is 0 Å². The SMILES string of the molecule is CC1OCCC1Sc1ccc([C@@H](C)N)cc1. The first-order chi connectivity index (χ1) is 7.66. The summed E-state index contributed by atoms with van der Waals surface area (Å²) >= 11 is 1.91. The fourth-order valence-electron chi connectivity index (χ4n) is 1.89. The molecule has 0 saturated carbocycles. The molecule has 2 rings (SSSR count). The molecule has 0 spiro atoms. The largest absolute Gasteiger partial charge is 0.377 e. The third-order valence-electron chi connectivity index (χ3n) is 3.00. The Morgan fingerprint density at radius 1 is 1.38 bits per heavy atom. The van der Waals surface area contributed by atoms with Crippen LogP contribution in [0.5, 0.6) is 0 Å². The quantitative estimate of drug-likeness (QED) is 0.877. The van der Waals surface area contributed by atoms with Crippen molar-refractivity contribution in [3.8, 4) is 0 Å². The topological polar surface area (TPSA) is 35.2 Å². The third kappa shape index (κ3) is 2.78. The summed E-state index contributed by atoms with van der Waals surface area (Å²) in [6.45, 7) is 5.06. The van der Waals surface area contributed by atoms with E-state index in [0.717, 1.165) is 13.0 Å². The monoisotopic (exact) mass is 237 g/mol.